The molecule has 0 fully saturated rings. The van der Waals surface area contributed by atoms with Gasteiger partial charge in [-0.3, -0.25) is 0 Å². The van der Waals surface area contributed by atoms with Crippen LogP contribution in [0.1, 0.15) is 12.5 Å². The predicted octanol–water partition coefficient (Wildman–Crippen LogP) is 7.03. The number of anilines is 3. The monoisotopic (exact) mass is 403 g/mol. The highest BCUT2D eigenvalue weighted by Crippen LogP contribution is 2.48. The van der Waals surface area contributed by atoms with Crippen molar-refractivity contribution in [1.29, 1.82) is 0 Å². The van der Waals surface area contributed by atoms with Gasteiger partial charge in [-0.1, -0.05) is 60.7 Å². The first-order chi connectivity index (χ1) is 15.2. The van der Waals surface area contributed by atoms with Crippen molar-refractivity contribution in [3.63, 3.8) is 0 Å². The van der Waals surface area contributed by atoms with Crippen LogP contribution in [0.25, 0.3) is 27.5 Å². The van der Waals surface area contributed by atoms with E-state index < -0.39 is 0 Å². The van der Waals surface area contributed by atoms with Gasteiger partial charge in [0, 0.05) is 23.5 Å². The van der Waals surface area contributed by atoms with Gasteiger partial charge in [-0.2, -0.15) is 0 Å². The van der Waals surface area contributed by atoms with Crippen LogP contribution >= 0.6 is 0 Å². The summed E-state index contributed by atoms with van der Waals surface area (Å²) in [4.78, 5) is 4.87. The highest BCUT2D eigenvalue weighted by atomic mass is 15.4. The Hall–Kier alpha value is -3.72. The molecule has 152 valence electrons. The number of hydrogen-bond donors (Lipinski definition) is 0. The maximum Gasteiger partial charge on any atom is 0.103 e. The Bertz CT molecular complexity index is 1430. The number of aromatic nitrogens is 1. The zero-order valence-electron chi connectivity index (χ0n) is 18.1. The molecule has 3 heteroatoms. The lowest BCUT2D eigenvalue weighted by molar-refractivity contribution is 0.733. The lowest BCUT2D eigenvalue weighted by Crippen LogP contribution is -2.36. The SMILES string of the molecule is Cc1ccc2c3ccccc3n(-c3ccccc3)c2c1N1c2ccccc2N(C)C1C. The van der Waals surface area contributed by atoms with Gasteiger partial charge in [0.15, 0.2) is 0 Å². The van der Waals surface area contributed by atoms with E-state index in [1.807, 2.05) is 0 Å². The van der Waals surface area contributed by atoms with E-state index in [9.17, 15) is 0 Å². The lowest BCUT2D eigenvalue weighted by atomic mass is 10.1. The van der Waals surface area contributed by atoms with Crippen molar-refractivity contribution >= 4 is 38.9 Å². The summed E-state index contributed by atoms with van der Waals surface area (Å²) in [7, 11) is 2.19. The quantitative estimate of drug-likeness (QED) is 0.314. The second kappa shape index (κ2) is 6.64. The van der Waals surface area contributed by atoms with Gasteiger partial charge in [-0.25, -0.2) is 0 Å². The Morgan fingerprint density at radius 1 is 0.677 bits per heavy atom. The summed E-state index contributed by atoms with van der Waals surface area (Å²) >= 11 is 0. The maximum absolute atomic E-state index is 2.51. The minimum atomic E-state index is 0.226. The van der Waals surface area contributed by atoms with Crippen LogP contribution in [0.15, 0.2) is 91.0 Å². The maximum atomic E-state index is 2.51. The Morgan fingerprint density at radius 2 is 1.35 bits per heavy atom. The number of fused-ring (bicyclic) bond motifs is 4. The third kappa shape index (κ3) is 2.46. The summed E-state index contributed by atoms with van der Waals surface area (Å²) < 4.78 is 2.43. The topological polar surface area (TPSA) is 11.4 Å². The van der Waals surface area contributed by atoms with Crippen molar-refractivity contribution in [2.24, 2.45) is 0 Å². The first-order valence-corrected chi connectivity index (χ1v) is 10.9. The molecule has 1 unspecified atom stereocenters. The average Bonchev–Trinajstić information content (AvgIpc) is 3.27. The van der Waals surface area contributed by atoms with Crippen molar-refractivity contribution in [2.45, 2.75) is 20.0 Å². The third-order valence-electron chi connectivity index (χ3n) is 6.72. The minimum absolute atomic E-state index is 0.226. The summed E-state index contributed by atoms with van der Waals surface area (Å²) in [6.07, 6.45) is 0.226. The van der Waals surface area contributed by atoms with Gasteiger partial charge < -0.3 is 14.4 Å². The van der Waals surface area contributed by atoms with E-state index in [1.54, 1.807) is 0 Å². The van der Waals surface area contributed by atoms with E-state index in [0.717, 1.165) is 0 Å². The molecule has 31 heavy (non-hydrogen) atoms. The molecule has 0 saturated heterocycles. The Morgan fingerprint density at radius 3 is 2.16 bits per heavy atom. The summed E-state index contributed by atoms with van der Waals surface area (Å²) in [6.45, 7) is 4.52. The highest BCUT2D eigenvalue weighted by molar-refractivity contribution is 6.14. The molecule has 3 nitrogen and oxygen atoms in total. The Labute approximate surface area is 182 Å². The average molecular weight is 404 g/mol. The van der Waals surface area contributed by atoms with Crippen molar-refractivity contribution < 1.29 is 0 Å². The molecule has 1 atom stereocenters. The molecule has 1 aromatic heterocycles. The first kappa shape index (κ1) is 18.1. The van der Waals surface area contributed by atoms with Crippen LogP contribution in [-0.2, 0) is 0 Å². The van der Waals surface area contributed by atoms with Crippen LogP contribution in [-0.4, -0.2) is 17.8 Å². The molecule has 5 aromatic rings. The van der Waals surface area contributed by atoms with Crippen LogP contribution in [0, 0.1) is 6.92 Å². The van der Waals surface area contributed by atoms with Gasteiger partial charge in [0.25, 0.3) is 0 Å². The predicted molar refractivity (Wildman–Crippen MR) is 132 cm³/mol. The van der Waals surface area contributed by atoms with Gasteiger partial charge in [0.2, 0.25) is 0 Å². The van der Waals surface area contributed by atoms with Crippen LogP contribution in [0.3, 0.4) is 0 Å². The fourth-order valence-electron chi connectivity index (χ4n) is 5.14. The number of para-hydroxylation sites is 4. The summed E-state index contributed by atoms with van der Waals surface area (Å²) in [5.41, 5.74) is 8.79. The largest absolute Gasteiger partial charge is 0.353 e. The van der Waals surface area contributed by atoms with E-state index in [-0.39, 0.29) is 6.17 Å². The Balaban J connectivity index is 1.77. The van der Waals surface area contributed by atoms with Crippen LogP contribution in [0.5, 0.6) is 0 Å². The Kier molecular flexibility index (Phi) is 3.87. The van der Waals surface area contributed by atoms with Crippen LogP contribution in [0.4, 0.5) is 17.1 Å². The van der Waals surface area contributed by atoms with E-state index in [2.05, 4.69) is 126 Å². The third-order valence-corrected chi connectivity index (χ3v) is 6.72. The molecule has 0 N–H and O–H groups in total. The molecule has 0 aliphatic carbocycles. The molecule has 0 radical (unpaired) electrons. The van der Waals surface area contributed by atoms with Crippen molar-refractivity contribution in [2.75, 3.05) is 16.8 Å². The van der Waals surface area contributed by atoms with Gasteiger partial charge in [-0.15, -0.1) is 0 Å². The van der Waals surface area contributed by atoms with E-state index in [4.69, 9.17) is 0 Å². The standard InChI is InChI=1S/C28H25N3/c1-19-17-18-23-22-13-7-8-14-24(22)31(21-11-5-4-6-12-21)28(23)27(19)30-20(2)29(3)25-15-9-10-16-26(25)30/h4-18,20H,1-3H3. The van der Waals surface area contributed by atoms with E-state index in [1.165, 1.54) is 50.1 Å². The highest BCUT2D eigenvalue weighted by Gasteiger charge is 2.34. The molecular formula is C28H25N3. The number of benzene rings is 4. The van der Waals surface area contributed by atoms with Crippen molar-refractivity contribution in [1.82, 2.24) is 4.57 Å². The summed E-state index contributed by atoms with van der Waals surface area (Å²) in [5, 5.41) is 2.58. The first-order valence-electron chi connectivity index (χ1n) is 10.9. The molecule has 0 amide bonds. The fourth-order valence-corrected chi connectivity index (χ4v) is 5.14. The van der Waals surface area contributed by atoms with Gasteiger partial charge in [-0.05, 0) is 49.7 Å². The zero-order chi connectivity index (χ0) is 21.1. The second-order valence-electron chi connectivity index (χ2n) is 8.42. The van der Waals surface area contributed by atoms with Crippen molar-refractivity contribution in [3.05, 3.63) is 96.6 Å². The molecule has 6 rings (SSSR count). The molecule has 0 saturated carbocycles. The molecule has 0 spiro atoms. The number of rotatable bonds is 2. The number of hydrogen-bond acceptors (Lipinski definition) is 2. The molecule has 1 aliphatic heterocycles. The van der Waals surface area contributed by atoms with Gasteiger partial charge in [0.1, 0.15) is 6.17 Å². The molecule has 0 bridgehead atoms. The summed E-state index contributed by atoms with van der Waals surface area (Å²) in [5.74, 6) is 0. The number of aryl methyl sites for hydroxylation is 1. The zero-order valence-corrected chi connectivity index (χ0v) is 18.1. The number of nitrogens with zero attached hydrogens (tertiary/aromatic N) is 3. The fraction of sp³-hybridized carbons (Fsp3) is 0.143. The van der Waals surface area contributed by atoms with Crippen LogP contribution < -0.4 is 9.80 Å². The van der Waals surface area contributed by atoms with Crippen molar-refractivity contribution in [3.8, 4) is 5.69 Å². The summed E-state index contributed by atoms with van der Waals surface area (Å²) in [6, 6.07) is 32.7. The lowest BCUT2D eigenvalue weighted by Gasteiger charge is -2.30. The normalized spacial score (nSPS) is 15.8. The van der Waals surface area contributed by atoms with Gasteiger partial charge >= 0.3 is 0 Å². The minimum Gasteiger partial charge on any atom is -0.353 e. The van der Waals surface area contributed by atoms with Crippen LogP contribution in [0.2, 0.25) is 0 Å². The van der Waals surface area contributed by atoms with E-state index in [0.29, 0.717) is 0 Å². The van der Waals surface area contributed by atoms with E-state index >= 15 is 0 Å². The second-order valence-corrected chi connectivity index (χ2v) is 8.42. The molecule has 2 heterocycles. The van der Waals surface area contributed by atoms with Gasteiger partial charge in [0.05, 0.1) is 28.1 Å². The molecule has 1 aliphatic rings. The smallest absolute Gasteiger partial charge is 0.103 e. The molecule has 4 aromatic carbocycles. The molecular weight excluding hydrogens is 378 g/mol.